The highest BCUT2D eigenvalue weighted by Gasteiger charge is 2.18. The molecular weight excluding hydrogens is 420 g/mol. The molecule has 0 fully saturated rings. The van der Waals surface area contributed by atoms with Gasteiger partial charge in [-0.15, -0.1) is 0 Å². The van der Waals surface area contributed by atoms with E-state index in [-0.39, 0.29) is 11.9 Å². The van der Waals surface area contributed by atoms with Gasteiger partial charge in [-0.05, 0) is 64.8 Å². The van der Waals surface area contributed by atoms with Crippen molar-refractivity contribution in [1.29, 1.82) is 0 Å². The summed E-state index contributed by atoms with van der Waals surface area (Å²) < 4.78 is 15.9. The first-order chi connectivity index (χ1) is 10.0. The molecule has 0 aromatic heterocycles. The SMILES string of the molecule is CCCNC(c1ccc(Cl)c(Br)c1)c1cc(Br)ccc1F. The zero-order valence-corrected chi connectivity index (χ0v) is 15.4. The first kappa shape index (κ1) is 16.9. The highest BCUT2D eigenvalue weighted by molar-refractivity contribution is 9.10. The van der Waals surface area contributed by atoms with Crippen LogP contribution in [-0.4, -0.2) is 6.54 Å². The van der Waals surface area contributed by atoms with Crippen molar-refractivity contribution < 1.29 is 4.39 Å². The van der Waals surface area contributed by atoms with E-state index in [0.29, 0.717) is 10.6 Å². The van der Waals surface area contributed by atoms with Gasteiger partial charge < -0.3 is 5.32 Å². The van der Waals surface area contributed by atoms with Crippen molar-refractivity contribution in [2.45, 2.75) is 19.4 Å². The highest BCUT2D eigenvalue weighted by atomic mass is 79.9. The first-order valence-electron chi connectivity index (χ1n) is 6.66. The van der Waals surface area contributed by atoms with Gasteiger partial charge in [-0.3, -0.25) is 0 Å². The second kappa shape index (κ2) is 7.73. The Kier molecular flexibility index (Phi) is 6.23. The Morgan fingerprint density at radius 3 is 2.62 bits per heavy atom. The van der Waals surface area contributed by atoms with Crippen LogP contribution in [0.5, 0.6) is 0 Å². The molecule has 0 radical (unpaired) electrons. The van der Waals surface area contributed by atoms with Gasteiger partial charge in [0.1, 0.15) is 5.82 Å². The summed E-state index contributed by atoms with van der Waals surface area (Å²) in [5.74, 6) is -0.224. The highest BCUT2D eigenvalue weighted by Crippen LogP contribution is 2.31. The van der Waals surface area contributed by atoms with Gasteiger partial charge in [-0.1, -0.05) is 40.5 Å². The van der Waals surface area contributed by atoms with E-state index in [1.165, 1.54) is 6.07 Å². The smallest absolute Gasteiger partial charge is 0.128 e. The Labute approximate surface area is 146 Å². The largest absolute Gasteiger partial charge is 0.306 e. The molecule has 1 atom stereocenters. The zero-order valence-electron chi connectivity index (χ0n) is 11.5. The van der Waals surface area contributed by atoms with Crippen LogP contribution in [0.3, 0.4) is 0 Å². The summed E-state index contributed by atoms with van der Waals surface area (Å²) in [5, 5.41) is 4.03. The molecule has 112 valence electrons. The fourth-order valence-corrected chi connectivity index (χ4v) is 3.02. The van der Waals surface area contributed by atoms with Gasteiger partial charge in [-0.2, -0.15) is 0 Å². The lowest BCUT2D eigenvalue weighted by Crippen LogP contribution is -2.24. The Morgan fingerprint density at radius 2 is 1.95 bits per heavy atom. The number of rotatable bonds is 5. The zero-order chi connectivity index (χ0) is 15.4. The Hall–Kier alpha value is -0.420. The fourth-order valence-electron chi connectivity index (χ4n) is 2.12. The minimum atomic E-state index is -0.224. The molecule has 0 aliphatic carbocycles. The fraction of sp³-hybridized carbons (Fsp3) is 0.250. The van der Waals surface area contributed by atoms with Crippen molar-refractivity contribution in [1.82, 2.24) is 5.32 Å². The van der Waals surface area contributed by atoms with E-state index >= 15 is 0 Å². The molecule has 0 spiro atoms. The van der Waals surface area contributed by atoms with Crippen LogP contribution in [0.2, 0.25) is 5.02 Å². The summed E-state index contributed by atoms with van der Waals surface area (Å²) in [4.78, 5) is 0. The van der Waals surface area contributed by atoms with Crippen LogP contribution in [0, 0.1) is 5.82 Å². The van der Waals surface area contributed by atoms with Crippen LogP contribution < -0.4 is 5.32 Å². The standard InChI is InChI=1S/C16H15Br2ClFN/c1-2-7-21-16(10-3-5-14(19)13(18)8-10)12-9-11(17)4-6-15(12)20/h3-6,8-9,16,21H,2,7H2,1H3. The quantitative estimate of drug-likeness (QED) is 0.599. The van der Waals surface area contributed by atoms with Crippen LogP contribution in [0.1, 0.15) is 30.5 Å². The minimum Gasteiger partial charge on any atom is -0.306 e. The van der Waals surface area contributed by atoms with Crippen molar-refractivity contribution >= 4 is 43.5 Å². The Morgan fingerprint density at radius 1 is 1.19 bits per heavy atom. The molecule has 0 saturated heterocycles. The van der Waals surface area contributed by atoms with Crippen molar-refractivity contribution in [3.8, 4) is 0 Å². The predicted octanol–water partition coefficient (Wildman–Crippen LogP) is 6.09. The Balaban J connectivity index is 2.46. The molecule has 0 aliphatic heterocycles. The third-order valence-corrected chi connectivity index (χ3v) is 4.85. The second-order valence-corrected chi connectivity index (χ2v) is 6.90. The van der Waals surface area contributed by atoms with Gasteiger partial charge in [0.05, 0.1) is 11.1 Å². The number of nitrogens with one attached hydrogen (secondary N) is 1. The van der Waals surface area contributed by atoms with Gasteiger partial charge in [0.15, 0.2) is 0 Å². The molecule has 0 bridgehead atoms. The van der Waals surface area contributed by atoms with Crippen molar-refractivity contribution in [3.63, 3.8) is 0 Å². The van der Waals surface area contributed by atoms with Crippen LogP contribution in [0.4, 0.5) is 4.39 Å². The van der Waals surface area contributed by atoms with Gasteiger partial charge in [0.2, 0.25) is 0 Å². The van der Waals surface area contributed by atoms with E-state index in [1.54, 1.807) is 6.07 Å². The average Bonchev–Trinajstić information content (AvgIpc) is 2.46. The molecule has 21 heavy (non-hydrogen) atoms. The maximum atomic E-state index is 14.2. The van der Waals surface area contributed by atoms with Crippen LogP contribution in [-0.2, 0) is 0 Å². The molecule has 1 unspecified atom stereocenters. The van der Waals surface area contributed by atoms with Crippen molar-refractivity contribution in [2.75, 3.05) is 6.54 Å². The van der Waals surface area contributed by atoms with Gasteiger partial charge in [0, 0.05) is 14.5 Å². The molecular formula is C16H15Br2ClFN. The monoisotopic (exact) mass is 433 g/mol. The predicted molar refractivity (Wildman–Crippen MR) is 93.4 cm³/mol. The van der Waals surface area contributed by atoms with Crippen LogP contribution >= 0.6 is 43.5 Å². The second-order valence-electron chi connectivity index (χ2n) is 4.73. The molecule has 2 aromatic rings. The molecule has 5 heteroatoms. The van der Waals surface area contributed by atoms with Crippen LogP contribution in [0.25, 0.3) is 0 Å². The number of hydrogen-bond acceptors (Lipinski definition) is 1. The van der Waals surface area contributed by atoms with E-state index in [1.807, 2.05) is 24.3 Å². The van der Waals surface area contributed by atoms with Gasteiger partial charge >= 0.3 is 0 Å². The number of halogens is 4. The third kappa shape index (κ3) is 4.28. The maximum absolute atomic E-state index is 14.2. The summed E-state index contributed by atoms with van der Waals surface area (Å²) in [6.45, 7) is 2.88. The lowest BCUT2D eigenvalue weighted by atomic mass is 9.98. The summed E-state index contributed by atoms with van der Waals surface area (Å²) in [5.41, 5.74) is 1.59. The molecule has 0 amide bonds. The molecule has 1 nitrogen and oxygen atoms in total. The van der Waals surface area contributed by atoms with E-state index in [9.17, 15) is 4.39 Å². The first-order valence-corrected chi connectivity index (χ1v) is 8.62. The molecule has 2 aromatic carbocycles. The summed E-state index contributed by atoms with van der Waals surface area (Å²) in [6, 6.07) is 10.4. The van der Waals surface area contributed by atoms with Crippen LogP contribution in [0.15, 0.2) is 45.3 Å². The van der Waals surface area contributed by atoms with E-state index in [4.69, 9.17) is 11.6 Å². The number of hydrogen-bond donors (Lipinski definition) is 1. The maximum Gasteiger partial charge on any atom is 0.128 e. The number of benzene rings is 2. The minimum absolute atomic E-state index is 0.212. The lowest BCUT2D eigenvalue weighted by Gasteiger charge is -2.21. The average molecular weight is 436 g/mol. The van der Waals surface area contributed by atoms with E-state index < -0.39 is 0 Å². The molecule has 0 heterocycles. The van der Waals surface area contributed by atoms with E-state index in [0.717, 1.165) is 27.5 Å². The molecule has 1 N–H and O–H groups in total. The van der Waals surface area contributed by atoms with Crippen molar-refractivity contribution in [2.24, 2.45) is 0 Å². The third-order valence-electron chi connectivity index (χ3n) is 3.14. The normalized spacial score (nSPS) is 12.4. The molecule has 0 aliphatic rings. The van der Waals surface area contributed by atoms with Crippen molar-refractivity contribution in [3.05, 3.63) is 67.3 Å². The Bertz CT molecular complexity index is 634. The van der Waals surface area contributed by atoms with Gasteiger partial charge in [0.25, 0.3) is 0 Å². The topological polar surface area (TPSA) is 12.0 Å². The lowest BCUT2D eigenvalue weighted by molar-refractivity contribution is 0.546. The summed E-state index contributed by atoms with van der Waals surface area (Å²) >= 11 is 12.9. The molecule has 2 rings (SSSR count). The summed E-state index contributed by atoms with van der Waals surface area (Å²) in [6.07, 6.45) is 0.973. The van der Waals surface area contributed by atoms with E-state index in [2.05, 4.69) is 44.1 Å². The van der Waals surface area contributed by atoms with Gasteiger partial charge in [-0.25, -0.2) is 4.39 Å². The summed E-state index contributed by atoms with van der Waals surface area (Å²) in [7, 11) is 0. The molecule has 0 saturated carbocycles.